The van der Waals surface area contributed by atoms with Gasteiger partial charge in [-0.05, 0) is 13.3 Å². The van der Waals surface area contributed by atoms with Gasteiger partial charge in [-0.3, -0.25) is 4.79 Å². The SMILES string of the molecule is C=CCC(NC(=O)c1oncc1C)C(=O)O. The minimum atomic E-state index is -1.12. The van der Waals surface area contributed by atoms with Crippen LogP contribution in [0.25, 0.3) is 0 Å². The van der Waals surface area contributed by atoms with Gasteiger partial charge in [0.05, 0.1) is 6.20 Å². The quantitative estimate of drug-likeness (QED) is 0.719. The number of carboxylic acid groups (broad SMARTS) is 1. The molecule has 2 N–H and O–H groups in total. The van der Waals surface area contributed by atoms with Crippen molar-refractivity contribution in [1.29, 1.82) is 0 Å². The average molecular weight is 224 g/mol. The van der Waals surface area contributed by atoms with Gasteiger partial charge in [-0.15, -0.1) is 6.58 Å². The molecule has 0 aliphatic heterocycles. The summed E-state index contributed by atoms with van der Waals surface area (Å²) in [5, 5.41) is 14.6. The molecule has 6 nitrogen and oxygen atoms in total. The number of carbonyl (C=O) groups excluding carboxylic acids is 1. The zero-order chi connectivity index (χ0) is 12.1. The van der Waals surface area contributed by atoms with Crippen LogP contribution in [-0.2, 0) is 4.79 Å². The number of aryl methyl sites for hydroxylation is 1. The first kappa shape index (κ1) is 12.0. The van der Waals surface area contributed by atoms with Gasteiger partial charge in [0.2, 0.25) is 5.76 Å². The number of nitrogens with one attached hydrogen (secondary N) is 1. The average Bonchev–Trinajstić information content (AvgIpc) is 2.63. The topological polar surface area (TPSA) is 92.4 Å². The Kier molecular flexibility index (Phi) is 3.82. The highest BCUT2D eigenvalue weighted by Crippen LogP contribution is 2.06. The van der Waals surface area contributed by atoms with Crippen LogP contribution in [0.4, 0.5) is 0 Å². The second-order valence-corrected chi connectivity index (χ2v) is 3.23. The molecule has 1 unspecified atom stereocenters. The number of carboxylic acids is 1. The van der Waals surface area contributed by atoms with Gasteiger partial charge in [0.15, 0.2) is 0 Å². The van der Waals surface area contributed by atoms with Gasteiger partial charge in [-0.25, -0.2) is 4.79 Å². The smallest absolute Gasteiger partial charge is 0.326 e. The van der Waals surface area contributed by atoms with Gasteiger partial charge in [-0.1, -0.05) is 11.2 Å². The van der Waals surface area contributed by atoms with E-state index in [2.05, 4.69) is 17.1 Å². The van der Waals surface area contributed by atoms with Crippen LogP contribution in [0, 0.1) is 6.92 Å². The second-order valence-electron chi connectivity index (χ2n) is 3.23. The Bertz CT molecular complexity index is 411. The van der Waals surface area contributed by atoms with Crippen LogP contribution < -0.4 is 5.32 Å². The summed E-state index contributed by atoms with van der Waals surface area (Å²) in [6.45, 7) is 5.07. The largest absolute Gasteiger partial charge is 0.480 e. The van der Waals surface area contributed by atoms with E-state index < -0.39 is 17.9 Å². The molecule has 1 aromatic rings. The number of carbonyl (C=O) groups is 2. The fourth-order valence-electron chi connectivity index (χ4n) is 1.12. The first-order chi connectivity index (χ1) is 7.56. The molecule has 0 aliphatic rings. The fourth-order valence-corrected chi connectivity index (χ4v) is 1.12. The van der Waals surface area contributed by atoms with Crippen molar-refractivity contribution in [2.24, 2.45) is 0 Å². The Morgan fingerprint density at radius 3 is 2.88 bits per heavy atom. The normalized spacial score (nSPS) is 11.8. The van der Waals surface area contributed by atoms with Gasteiger partial charge in [-0.2, -0.15) is 0 Å². The molecule has 1 heterocycles. The fraction of sp³-hybridized carbons (Fsp3) is 0.300. The summed E-state index contributed by atoms with van der Waals surface area (Å²) in [5.41, 5.74) is 0.556. The van der Waals surface area contributed by atoms with E-state index in [1.54, 1.807) is 6.92 Å². The zero-order valence-electron chi connectivity index (χ0n) is 8.77. The lowest BCUT2D eigenvalue weighted by atomic mass is 10.2. The molecule has 1 aromatic heterocycles. The molecular formula is C10H12N2O4. The summed E-state index contributed by atoms with van der Waals surface area (Å²) in [5.74, 6) is -1.69. The minimum Gasteiger partial charge on any atom is -0.480 e. The maximum absolute atomic E-state index is 11.6. The Hall–Kier alpha value is -2.11. The summed E-state index contributed by atoms with van der Waals surface area (Å²) in [4.78, 5) is 22.3. The van der Waals surface area contributed by atoms with Crippen molar-refractivity contribution in [3.05, 3.63) is 30.2 Å². The van der Waals surface area contributed by atoms with Crippen molar-refractivity contribution >= 4 is 11.9 Å². The van der Waals surface area contributed by atoms with Gasteiger partial charge >= 0.3 is 5.97 Å². The van der Waals surface area contributed by atoms with Gasteiger partial charge in [0, 0.05) is 5.56 Å². The summed E-state index contributed by atoms with van der Waals surface area (Å²) >= 11 is 0. The van der Waals surface area contributed by atoms with Crippen molar-refractivity contribution in [1.82, 2.24) is 10.5 Å². The lowest BCUT2D eigenvalue weighted by Crippen LogP contribution is -2.40. The summed E-state index contributed by atoms with van der Waals surface area (Å²) < 4.78 is 4.70. The van der Waals surface area contributed by atoms with Crippen LogP contribution >= 0.6 is 0 Å². The molecular weight excluding hydrogens is 212 g/mol. The van der Waals surface area contributed by atoms with Crippen LogP contribution in [0.1, 0.15) is 22.5 Å². The minimum absolute atomic E-state index is 0.0234. The van der Waals surface area contributed by atoms with Crippen LogP contribution in [0.5, 0.6) is 0 Å². The molecule has 86 valence electrons. The maximum atomic E-state index is 11.6. The summed E-state index contributed by atoms with van der Waals surface area (Å²) in [6.07, 6.45) is 2.96. The third-order valence-corrected chi connectivity index (χ3v) is 1.96. The number of rotatable bonds is 5. The zero-order valence-corrected chi connectivity index (χ0v) is 8.77. The second kappa shape index (κ2) is 5.11. The molecule has 0 aliphatic carbocycles. The van der Waals surface area contributed by atoms with E-state index in [9.17, 15) is 9.59 Å². The van der Waals surface area contributed by atoms with Crippen molar-refractivity contribution in [2.75, 3.05) is 0 Å². The first-order valence-corrected chi connectivity index (χ1v) is 4.62. The Balaban J connectivity index is 2.72. The van der Waals surface area contributed by atoms with Crippen LogP contribution in [0.3, 0.4) is 0 Å². The number of aromatic nitrogens is 1. The molecule has 0 spiro atoms. The van der Waals surface area contributed by atoms with Crippen LogP contribution in [-0.4, -0.2) is 28.2 Å². The number of hydrogen-bond acceptors (Lipinski definition) is 4. The third kappa shape index (κ3) is 2.69. The Morgan fingerprint density at radius 1 is 1.75 bits per heavy atom. The molecule has 0 aromatic carbocycles. The molecule has 16 heavy (non-hydrogen) atoms. The van der Waals surface area contributed by atoms with E-state index in [4.69, 9.17) is 9.63 Å². The number of amides is 1. The third-order valence-electron chi connectivity index (χ3n) is 1.96. The highest BCUT2D eigenvalue weighted by Gasteiger charge is 2.22. The lowest BCUT2D eigenvalue weighted by Gasteiger charge is -2.10. The maximum Gasteiger partial charge on any atom is 0.326 e. The van der Waals surface area contributed by atoms with E-state index in [1.807, 2.05) is 0 Å². The van der Waals surface area contributed by atoms with E-state index in [0.29, 0.717) is 5.56 Å². The van der Waals surface area contributed by atoms with Crippen LogP contribution in [0.2, 0.25) is 0 Å². The molecule has 1 atom stereocenters. The molecule has 0 saturated heterocycles. The van der Waals surface area contributed by atoms with E-state index >= 15 is 0 Å². The van der Waals surface area contributed by atoms with E-state index in [0.717, 1.165) is 0 Å². The molecule has 0 fully saturated rings. The van der Waals surface area contributed by atoms with Crippen LogP contribution in [0.15, 0.2) is 23.4 Å². The van der Waals surface area contributed by atoms with Gasteiger partial charge in [0.25, 0.3) is 5.91 Å². The molecule has 1 amide bonds. The highest BCUT2D eigenvalue weighted by molar-refractivity contribution is 5.95. The Morgan fingerprint density at radius 2 is 2.44 bits per heavy atom. The Labute approximate surface area is 91.9 Å². The highest BCUT2D eigenvalue weighted by atomic mass is 16.5. The summed E-state index contributed by atoms with van der Waals surface area (Å²) in [6, 6.07) is -1.01. The van der Waals surface area contributed by atoms with Gasteiger partial charge < -0.3 is 14.9 Å². The van der Waals surface area contributed by atoms with Crippen molar-refractivity contribution in [3.8, 4) is 0 Å². The monoisotopic (exact) mass is 224 g/mol. The van der Waals surface area contributed by atoms with Crippen molar-refractivity contribution < 1.29 is 19.2 Å². The number of aliphatic carboxylic acids is 1. The van der Waals surface area contributed by atoms with E-state index in [1.165, 1.54) is 12.3 Å². The number of hydrogen-bond donors (Lipinski definition) is 2. The first-order valence-electron chi connectivity index (χ1n) is 4.62. The molecule has 0 bridgehead atoms. The standard InChI is InChI=1S/C10H12N2O4/c1-3-4-7(10(14)15)12-9(13)8-6(2)5-11-16-8/h3,5,7H,1,4H2,2H3,(H,12,13)(H,14,15). The van der Waals surface area contributed by atoms with Crippen molar-refractivity contribution in [2.45, 2.75) is 19.4 Å². The predicted octanol–water partition coefficient (Wildman–Crippen LogP) is 0.742. The molecule has 6 heteroatoms. The van der Waals surface area contributed by atoms with E-state index in [-0.39, 0.29) is 12.2 Å². The summed E-state index contributed by atoms with van der Waals surface area (Å²) in [7, 11) is 0. The van der Waals surface area contributed by atoms with Crippen molar-refractivity contribution in [3.63, 3.8) is 0 Å². The molecule has 0 radical (unpaired) electrons. The molecule has 1 rings (SSSR count). The predicted molar refractivity (Wildman–Crippen MR) is 54.9 cm³/mol. The number of nitrogens with zero attached hydrogens (tertiary/aromatic N) is 1. The molecule has 0 saturated carbocycles. The van der Waals surface area contributed by atoms with Gasteiger partial charge in [0.1, 0.15) is 6.04 Å². The lowest BCUT2D eigenvalue weighted by molar-refractivity contribution is -0.139.